The number of aromatic nitrogens is 2. The van der Waals surface area contributed by atoms with Crippen LogP contribution >= 0.6 is 22.7 Å². The molecule has 0 saturated carbocycles. The van der Waals surface area contributed by atoms with Crippen molar-refractivity contribution >= 4 is 33.5 Å². The summed E-state index contributed by atoms with van der Waals surface area (Å²) in [5.41, 5.74) is 6.59. The first kappa shape index (κ1) is 10.5. The van der Waals surface area contributed by atoms with Gasteiger partial charge in [0.1, 0.15) is 5.69 Å². The van der Waals surface area contributed by atoms with Crippen LogP contribution in [0.1, 0.15) is 15.4 Å². The molecule has 0 aliphatic rings. The monoisotopic (exact) mass is 263 g/mol. The molecular formula is C11H9N3OS2. The zero-order valence-electron chi connectivity index (χ0n) is 9.01. The molecule has 0 spiro atoms. The zero-order chi connectivity index (χ0) is 12.0. The highest BCUT2D eigenvalue weighted by molar-refractivity contribution is 7.17. The summed E-state index contributed by atoms with van der Waals surface area (Å²) >= 11 is 3.23. The van der Waals surface area contributed by atoms with Gasteiger partial charge in [-0.2, -0.15) is 0 Å². The summed E-state index contributed by atoms with van der Waals surface area (Å²) in [6.45, 7) is 2.07. The molecule has 3 aromatic heterocycles. The fraction of sp³-hybridized carbons (Fsp3) is 0.0909. The number of thiazole rings is 1. The lowest BCUT2D eigenvalue weighted by Crippen LogP contribution is -2.10. The van der Waals surface area contributed by atoms with E-state index >= 15 is 0 Å². The number of amides is 1. The van der Waals surface area contributed by atoms with Crippen molar-refractivity contribution in [2.75, 3.05) is 0 Å². The largest absolute Gasteiger partial charge is 0.364 e. The van der Waals surface area contributed by atoms with Crippen LogP contribution in [0.5, 0.6) is 0 Å². The third kappa shape index (κ3) is 1.65. The Morgan fingerprint density at radius 2 is 2.29 bits per heavy atom. The van der Waals surface area contributed by atoms with E-state index in [0.717, 1.165) is 10.7 Å². The Morgan fingerprint density at radius 1 is 1.47 bits per heavy atom. The number of nitrogens with zero attached hydrogens (tertiary/aromatic N) is 2. The topological polar surface area (TPSA) is 60.4 Å². The summed E-state index contributed by atoms with van der Waals surface area (Å²) in [7, 11) is 0. The summed E-state index contributed by atoms with van der Waals surface area (Å²) in [5, 5.41) is 2.04. The molecule has 0 aliphatic heterocycles. The van der Waals surface area contributed by atoms with Crippen LogP contribution < -0.4 is 5.73 Å². The number of carbonyl (C=O) groups excluding carboxylic acids is 1. The number of thiophene rings is 1. The Morgan fingerprint density at radius 3 is 2.94 bits per heavy atom. The number of hydrogen-bond acceptors (Lipinski definition) is 4. The average Bonchev–Trinajstić information content (AvgIpc) is 2.90. The van der Waals surface area contributed by atoms with E-state index in [4.69, 9.17) is 5.73 Å². The van der Waals surface area contributed by atoms with Crippen LogP contribution in [0.2, 0.25) is 0 Å². The Bertz CT molecular complexity index is 707. The van der Waals surface area contributed by atoms with Gasteiger partial charge in [-0.3, -0.25) is 9.20 Å². The highest BCUT2D eigenvalue weighted by Crippen LogP contribution is 2.31. The van der Waals surface area contributed by atoms with Crippen molar-refractivity contribution in [2.45, 2.75) is 6.92 Å². The van der Waals surface area contributed by atoms with Crippen LogP contribution in [-0.2, 0) is 0 Å². The summed E-state index contributed by atoms with van der Waals surface area (Å²) < 4.78 is 1.91. The number of rotatable bonds is 2. The molecule has 1 amide bonds. The number of hydrogen-bond donors (Lipinski definition) is 1. The predicted molar refractivity (Wildman–Crippen MR) is 69.6 cm³/mol. The zero-order valence-corrected chi connectivity index (χ0v) is 10.6. The Hall–Kier alpha value is -1.66. The molecule has 17 heavy (non-hydrogen) atoms. The second-order valence-corrected chi connectivity index (χ2v) is 5.80. The third-order valence-corrected chi connectivity index (χ3v) is 4.32. The van der Waals surface area contributed by atoms with E-state index in [9.17, 15) is 4.79 Å². The van der Waals surface area contributed by atoms with Crippen molar-refractivity contribution in [1.82, 2.24) is 9.38 Å². The van der Waals surface area contributed by atoms with E-state index in [1.807, 2.05) is 9.78 Å². The van der Waals surface area contributed by atoms with Gasteiger partial charge >= 0.3 is 0 Å². The molecule has 0 aromatic carbocycles. The molecule has 0 saturated heterocycles. The van der Waals surface area contributed by atoms with Gasteiger partial charge in [-0.05, 0) is 19.1 Å². The molecule has 4 nitrogen and oxygen atoms in total. The molecular weight excluding hydrogens is 254 g/mol. The first-order valence-corrected chi connectivity index (χ1v) is 6.68. The number of nitrogens with two attached hydrogens (primary N) is 1. The molecule has 0 unspecified atom stereocenters. The minimum Gasteiger partial charge on any atom is -0.364 e. The SMILES string of the molecule is Cc1ccc(-c2csc3nc(C(N)=O)cn23)s1. The highest BCUT2D eigenvalue weighted by Gasteiger charge is 2.13. The fourth-order valence-electron chi connectivity index (χ4n) is 1.65. The maximum absolute atomic E-state index is 11.1. The maximum atomic E-state index is 11.1. The Kier molecular flexibility index (Phi) is 2.27. The van der Waals surface area contributed by atoms with Crippen molar-refractivity contribution in [3.63, 3.8) is 0 Å². The lowest BCUT2D eigenvalue weighted by Gasteiger charge is -1.93. The van der Waals surface area contributed by atoms with Gasteiger partial charge in [0, 0.05) is 16.5 Å². The van der Waals surface area contributed by atoms with Crippen molar-refractivity contribution in [3.8, 4) is 10.6 Å². The van der Waals surface area contributed by atoms with Gasteiger partial charge < -0.3 is 5.73 Å². The van der Waals surface area contributed by atoms with Gasteiger partial charge in [-0.25, -0.2) is 4.98 Å². The normalized spacial score (nSPS) is 11.1. The van der Waals surface area contributed by atoms with Crippen LogP contribution in [0.15, 0.2) is 23.7 Å². The lowest BCUT2D eigenvalue weighted by molar-refractivity contribution is 0.0996. The summed E-state index contributed by atoms with van der Waals surface area (Å²) in [4.78, 5) is 18.5. The lowest BCUT2D eigenvalue weighted by atomic mass is 10.3. The number of primary amides is 1. The predicted octanol–water partition coefficient (Wildman–Crippen LogP) is 2.53. The molecule has 6 heteroatoms. The Balaban J connectivity index is 2.20. The summed E-state index contributed by atoms with van der Waals surface area (Å²) in [6.07, 6.45) is 1.69. The van der Waals surface area contributed by atoms with E-state index in [1.165, 1.54) is 21.1 Å². The fourth-order valence-corrected chi connectivity index (χ4v) is 3.48. The number of fused-ring (bicyclic) bond motifs is 1. The van der Waals surface area contributed by atoms with E-state index in [1.54, 1.807) is 17.5 Å². The van der Waals surface area contributed by atoms with E-state index in [-0.39, 0.29) is 0 Å². The van der Waals surface area contributed by atoms with E-state index in [2.05, 4.69) is 24.0 Å². The molecule has 86 valence electrons. The van der Waals surface area contributed by atoms with Crippen LogP contribution in [0, 0.1) is 6.92 Å². The quantitative estimate of drug-likeness (QED) is 0.772. The number of imidazole rings is 1. The molecule has 3 heterocycles. The minimum absolute atomic E-state index is 0.311. The van der Waals surface area contributed by atoms with Gasteiger partial charge in [0.15, 0.2) is 4.96 Å². The minimum atomic E-state index is -0.491. The second-order valence-electron chi connectivity index (χ2n) is 3.67. The molecule has 3 aromatic rings. The number of carbonyl (C=O) groups is 1. The molecule has 0 aliphatic carbocycles. The van der Waals surface area contributed by atoms with E-state index in [0.29, 0.717) is 5.69 Å². The third-order valence-electron chi connectivity index (χ3n) is 2.45. The molecule has 0 atom stereocenters. The van der Waals surface area contributed by atoms with Crippen LogP contribution in [0.3, 0.4) is 0 Å². The smallest absolute Gasteiger partial charge is 0.268 e. The highest BCUT2D eigenvalue weighted by atomic mass is 32.1. The van der Waals surface area contributed by atoms with Gasteiger partial charge in [0.2, 0.25) is 0 Å². The average molecular weight is 263 g/mol. The Labute approximate surface area is 105 Å². The molecule has 2 N–H and O–H groups in total. The van der Waals surface area contributed by atoms with Crippen molar-refractivity contribution in [3.05, 3.63) is 34.3 Å². The van der Waals surface area contributed by atoms with Gasteiger partial charge in [-0.15, -0.1) is 22.7 Å². The molecule has 0 fully saturated rings. The first-order valence-electron chi connectivity index (χ1n) is 4.98. The standard InChI is InChI=1S/C11H9N3OS2/c1-6-2-3-9(17-6)8-5-16-11-13-7(10(12)15)4-14(8)11/h2-5H,1H3,(H2,12,15). The van der Waals surface area contributed by atoms with Crippen LogP contribution in [-0.4, -0.2) is 15.3 Å². The van der Waals surface area contributed by atoms with Crippen molar-refractivity contribution < 1.29 is 4.79 Å². The summed E-state index contributed by atoms with van der Waals surface area (Å²) in [5.74, 6) is -0.491. The summed E-state index contributed by atoms with van der Waals surface area (Å²) in [6, 6.07) is 4.15. The van der Waals surface area contributed by atoms with Gasteiger partial charge in [-0.1, -0.05) is 0 Å². The molecule has 3 rings (SSSR count). The van der Waals surface area contributed by atoms with Gasteiger partial charge in [0.25, 0.3) is 5.91 Å². The second kappa shape index (κ2) is 3.68. The maximum Gasteiger partial charge on any atom is 0.268 e. The van der Waals surface area contributed by atoms with Crippen molar-refractivity contribution in [1.29, 1.82) is 0 Å². The van der Waals surface area contributed by atoms with Crippen LogP contribution in [0.4, 0.5) is 0 Å². The first-order chi connectivity index (χ1) is 8.15. The van der Waals surface area contributed by atoms with Gasteiger partial charge in [0.05, 0.1) is 10.6 Å². The van der Waals surface area contributed by atoms with Crippen LogP contribution in [0.25, 0.3) is 15.5 Å². The molecule has 0 radical (unpaired) electrons. The molecule has 0 bridgehead atoms. The number of aryl methyl sites for hydroxylation is 1. The van der Waals surface area contributed by atoms with Crippen molar-refractivity contribution in [2.24, 2.45) is 5.73 Å². The van der Waals surface area contributed by atoms with E-state index < -0.39 is 5.91 Å².